The smallest absolute Gasteiger partial charge is 0.257 e. The molecule has 0 aromatic heterocycles. The molecule has 5 nitrogen and oxygen atoms in total. The maximum Gasteiger partial charge on any atom is 0.257 e. The predicted molar refractivity (Wildman–Crippen MR) is 92.5 cm³/mol. The molecule has 1 aliphatic heterocycles. The van der Waals surface area contributed by atoms with Crippen molar-refractivity contribution < 1.29 is 22.0 Å². The van der Waals surface area contributed by atoms with E-state index in [9.17, 15) is 22.0 Å². The number of carbonyl (C=O) groups excluding carboxylic acids is 1. The Balaban J connectivity index is 1.73. The standard InChI is InChI=1S/C17H15ClF2N2O3S/c18-12-2-1-3-14(10-12)26(24,25)22-8-6-21(7-9-22)17(23)15-11-13(19)4-5-16(15)20/h1-5,10-11H,6-9H2. The molecule has 2 aromatic carbocycles. The molecule has 1 aliphatic rings. The Hall–Kier alpha value is -2.03. The Labute approximate surface area is 154 Å². The summed E-state index contributed by atoms with van der Waals surface area (Å²) in [4.78, 5) is 13.8. The number of hydrogen-bond donors (Lipinski definition) is 0. The van der Waals surface area contributed by atoms with E-state index in [1.54, 1.807) is 12.1 Å². The van der Waals surface area contributed by atoms with Crippen LogP contribution in [0.5, 0.6) is 0 Å². The van der Waals surface area contributed by atoms with E-state index < -0.39 is 27.6 Å². The summed E-state index contributed by atoms with van der Waals surface area (Å²) in [6.07, 6.45) is 0. The summed E-state index contributed by atoms with van der Waals surface area (Å²) in [7, 11) is -3.74. The van der Waals surface area contributed by atoms with E-state index in [0.717, 1.165) is 18.2 Å². The van der Waals surface area contributed by atoms with E-state index in [-0.39, 0.29) is 36.6 Å². The summed E-state index contributed by atoms with van der Waals surface area (Å²) in [6.45, 7) is 0.262. The fourth-order valence-corrected chi connectivity index (χ4v) is 4.46. The van der Waals surface area contributed by atoms with Gasteiger partial charge in [-0.15, -0.1) is 0 Å². The molecule has 0 unspecified atom stereocenters. The zero-order valence-corrected chi connectivity index (χ0v) is 15.1. The van der Waals surface area contributed by atoms with Crippen molar-refractivity contribution in [2.75, 3.05) is 26.2 Å². The number of rotatable bonds is 3. The second-order valence-corrected chi connectivity index (χ2v) is 8.15. The lowest BCUT2D eigenvalue weighted by atomic mass is 10.1. The van der Waals surface area contributed by atoms with Crippen molar-refractivity contribution >= 4 is 27.5 Å². The van der Waals surface area contributed by atoms with Crippen molar-refractivity contribution in [3.8, 4) is 0 Å². The minimum Gasteiger partial charge on any atom is -0.336 e. The lowest BCUT2D eigenvalue weighted by Gasteiger charge is -2.34. The number of carbonyl (C=O) groups is 1. The van der Waals surface area contributed by atoms with Crippen LogP contribution in [0.2, 0.25) is 5.02 Å². The molecule has 0 aliphatic carbocycles. The minimum absolute atomic E-state index is 0.0531. The predicted octanol–water partition coefficient (Wildman–Crippen LogP) is 2.76. The molecule has 1 saturated heterocycles. The van der Waals surface area contributed by atoms with Crippen molar-refractivity contribution in [1.29, 1.82) is 0 Å². The van der Waals surface area contributed by atoms with Crippen molar-refractivity contribution in [3.63, 3.8) is 0 Å². The Morgan fingerprint density at radius 1 is 1.00 bits per heavy atom. The molecule has 9 heteroatoms. The first-order chi connectivity index (χ1) is 12.3. The summed E-state index contributed by atoms with van der Waals surface area (Å²) >= 11 is 5.85. The van der Waals surface area contributed by atoms with Crippen LogP contribution in [0.25, 0.3) is 0 Å². The first kappa shape index (κ1) is 18.8. The van der Waals surface area contributed by atoms with Gasteiger partial charge in [0.15, 0.2) is 0 Å². The van der Waals surface area contributed by atoms with Crippen molar-refractivity contribution in [3.05, 3.63) is 64.7 Å². The topological polar surface area (TPSA) is 57.7 Å². The van der Waals surface area contributed by atoms with Gasteiger partial charge in [-0.3, -0.25) is 4.79 Å². The average molecular weight is 401 g/mol. The number of benzene rings is 2. The van der Waals surface area contributed by atoms with Gasteiger partial charge in [0, 0.05) is 31.2 Å². The largest absolute Gasteiger partial charge is 0.336 e. The van der Waals surface area contributed by atoms with Gasteiger partial charge in [0.1, 0.15) is 11.6 Å². The van der Waals surface area contributed by atoms with E-state index in [1.165, 1.54) is 21.3 Å². The maximum atomic E-state index is 13.8. The first-order valence-electron chi connectivity index (χ1n) is 7.79. The zero-order valence-electron chi connectivity index (χ0n) is 13.5. The van der Waals surface area contributed by atoms with Gasteiger partial charge in [-0.25, -0.2) is 17.2 Å². The van der Waals surface area contributed by atoms with Gasteiger partial charge < -0.3 is 4.90 Å². The van der Waals surface area contributed by atoms with Crippen LogP contribution in [0.1, 0.15) is 10.4 Å². The number of halogens is 3. The number of sulfonamides is 1. The summed E-state index contributed by atoms with van der Waals surface area (Å²) in [6, 6.07) is 8.58. The summed E-state index contributed by atoms with van der Waals surface area (Å²) in [5.74, 6) is -2.19. The van der Waals surface area contributed by atoms with E-state index in [0.29, 0.717) is 5.02 Å². The van der Waals surface area contributed by atoms with Gasteiger partial charge in [-0.2, -0.15) is 4.31 Å². The average Bonchev–Trinajstić information content (AvgIpc) is 2.63. The van der Waals surface area contributed by atoms with Crippen molar-refractivity contribution in [2.45, 2.75) is 4.90 Å². The molecule has 0 saturated carbocycles. The van der Waals surface area contributed by atoms with Crippen LogP contribution in [0.15, 0.2) is 47.4 Å². The van der Waals surface area contributed by atoms with Crippen LogP contribution in [0, 0.1) is 11.6 Å². The fraction of sp³-hybridized carbons (Fsp3) is 0.235. The van der Waals surface area contributed by atoms with E-state index in [4.69, 9.17) is 11.6 Å². The quantitative estimate of drug-likeness (QED) is 0.796. The SMILES string of the molecule is O=C(c1cc(F)ccc1F)N1CCN(S(=O)(=O)c2cccc(Cl)c2)CC1. The number of hydrogen-bond acceptors (Lipinski definition) is 3. The molecular formula is C17H15ClF2N2O3S. The normalized spacial score (nSPS) is 15.9. The van der Waals surface area contributed by atoms with Crippen LogP contribution in [-0.4, -0.2) is 49.7 Å². The third kappa shape index (κ3) is 3.72. The van der Waals surface area contributed by atoms with Crippen molar-refractivity contribution in [1.82, 2.24) is 9.21 Å². The molecule has 1 heterocycles. The Kier molecular flexibility index (Phi) is 5.27. The number of amides is 1. The monoisotopic (exact) mass is 400 g/mol. The van der Waals surface area contributed by atoms with Gasteiger partial charge >= 0.3 is 0 Å². The van der Waals surface area contributed by atoms with Gasteiger partial charge in [0.25, 0.3) is 5.91 Å². The van der Waals surface area contributed by atoms with Gasteiger partial charge in [-0.05, 0) is 36.4 Å². The molecule has 0 N–H and O–H groups in total. The van der Waals surface area contributed by atoms with Crippen molar-refractivity contribution in [2.24, 2.45) is 0 Å². The first-order valence-corrected chi connectivity index (χ1v) is 9.61. The van der Waals surface area contributed by atoms with E-state index >= 15 is 0 Å². The second kappa shape index (κ2) is 7.30. The van der Waals surface area contributed by atoms with Gasteiger partial charge in [-0.1, -0.05) is 17.7 Å². The van der Waals surface area contributed by atoms with Crippen LogP contribution in [0.4, 0.5) is 8.78 Å². The molecule has 0 spiro atoms. The number of piperazine rings is 1. The van der Waals surface area contributed by atoms with Gasteiger partial charge in [0.2, 0.25) is 10.0 Å². The van der Waals surface area contributed by atoms with Gasteiger partial charge in [0.05, 0.1) is 10.5 Å². The van der Waals surface area contributed by atoms with Crippen LogP contribution >= 0.6 is 11.6 Å². The lowest BCUT2D eigenvalue weighted by molar-refractivity contribution is 0.0692. The third-order valence-electron chi connectivity index (χ3n) is 4.12. The number of nitrogens with zero attached hydrogens (tertiary/aromatic N) is 2. The van der Waals surface area contributed by atoms with E-state index in [2.05, 4.69) is 0 Å². The molecule has 0 atom stereocenters. The van der Waals surface area contributed by atoms with Crippen LogP contribution in [-0.2, 0) is 10.0 Å². The Bertz CT molecular complexity index is 945. The molecule has 1 amide bonds. The van der Waals surface area contributed by atoms with E-state index in [1.807, 2.05) is 0 Å². The molecule has 26 heavy (non-hydrogen) atoms. The highest BCUT2D eigenvalue weighted by Gasteiger charge is 2.31. The molecule has 2 aromatic rings. The van der Waals surface area contributed by atoms with Crippen LogP contribution < -0.4 is 0 Å². The molecule has 3 rings (SSSR count). The highest BCUT2D eigenvalue weighted by molar-refractivity contribution is 7.89. The summed E-state index contributed by atoms with van der Waals surface area (Å²) in [5.41, 5.74) is -0.365. The lowest BCUT2D eigenvalue weighted by Crippen LogP contribution is -2.50. The van der Waals surface area contributed by atoms with Crippen LogP contribution in [0.3, 0.4) is 0 Å². The summed E-state index contributed by atoms with van der Waals surface area (Å²) < 4.78 is 53.6. The molecule has 0 radical (unpaired) electrons. The maximum absolute atomic E-state index is 13.8. The minimum atomic E-state index is -3.74. The third-order valence-corrected chi connectivity index (χ3v) is 6.25. The summed E-state index contributed by atoms with van der Waals surface area (Å²) in [5, 5.41) is 0.307. The highest BCUT2D eigenvalue weighted by atomic mass is 35.5. The molecule has 138 valence electrons. The molecule has 0 bridgehead atoms. The molecule has 1 fully saturated rings. The zero-order chi connectivity index (χ0) is 18.9. The Morgan fingerprint density at radius 2 is 1.69 bits per heavy atom. The molecular weight excluding hydrogens is 386 g/mol. The Morgan fingerprint density at radius 3 is 2.35 bits per heavy atom. The second-order valence-electron chi connectivity index (χ2n) is 5.78. The highest BCUT2D eigenvalue weighted by Crippen LogP contribution is 2.22. The fourth-order valence-electron chi connectivity index (χ4n) is 2.74.